The average molecular weight is 336 g/mol. The highest BCUT2D eigenvalue weighted by Gasteiger charge is 2.09. The summed E-state index contributed by atoms with van der Waals surface area (Å²) in [6.07, 6.45) is 3.37. The van der Waals surface area contributed by atoms with Gasteiger partial charge in [0.1, 0.15) is 5.75 Å². The van der Waals surface area contributed by atoms with Crippen molar-refractivity contribution >= 4 is 15.9 Å². The van der Waals surface area contributed by atoms with Crippen LogP contribution in [0, 0.1) is 0 Å². The van der Waals surface area contributed by atoms with Gasteiger partial charge in [-0.05, 0) is 48.8 Å². The zero-order valence-corrected chi connectivity index (χ0v) is 13.4. The third kappa shape index (κ3) is 4.58. The number of ether oxygens (including phenoxy) is 1. The monoisotopic (exact) mass is 335 g/mol. The second kappa shape index (κ2) is 6.33. The fraction of sp³-hybridized carbons (Fsp3) is 0.333. The van der Waals surface area contributed by atoms with Gasteiger partial charge in [0.25, 0.3) is 0 Å². The lowest BCUT2D eigenvalue weighted by Gasteiger charge is -2.19. The van der Waals surface area contributed by atoms with Gasteiger partial charge in [-0.25, -0.2) is 4.98 Å². The molecule has 0 aliphatic carbocycles. The highest BCUT2D eigenvalue weighted by Crippen LogP contribution is 2.27. The molecule has 0 saturated heterocycles. The van der Waals surface area contributed by atoms with Crippen LogP contribution >= 0.6 is 15.9 Å². The summed E-state index contributed by atoms with van der Waals surface area (Å²) in [4.78, 5) is 8.61. The van der Waals surface area contributed by atoms with Crippen LogP contribution in [0.15, 0.2) is 41.1 Å². The minimum absolute atomic E-state index is 0.0613. The summed E-state index contributed by atoms with van der Waals surface area (Å²) in [5.41, 5.74) is 0.950. The van der Waals surface area contributed by atoms with Gasteiger partial charge in [-0.2, -0.15) is 0 Å². The lowest BCUT2D eigenvalue weighted by Crippen LogP contribution is -2.35. The number of benzene rings is 1. The van der Waals surface area contributed by atoms with Gasteiger partial charge in [-0.3, -0.25) is 4.98 Å². The Labute approximate surface area is 127 Å². The summed E-state index contributed by atoms with van der Waals surface area (Å²) in [5, 5.41) is 3.37. The summed E-state index contributed by atoms with van der Waals surface area (Å²) < 4.78 is 6.56. The molecule has 1 heterocycles. The van der Waals surface area contributed by atoms with E-state index in [1.54, 1.807) is 12.4 Å². The van der Waals surface area contributed by atoms with E-state index >= 15 is 0 Å². The van der Waals surface area contributed by atoms with Gasteiger partial charge in [-0.15, -0.1) is 0 Å². The fourth-order valence-electron chi connectivity index (χ4n) is 1.48. The molecule has 106 valence electrons. The molecule has 1 N–H and O–H groups in total. The van der Waals surface area contributed by atoms with Gasteiger partial charge in [0.15, 0.2) is 0 Å². The van der Waals surface area contributed by atoms with E-state index in [2.05, 4.69) is 52.0 Å². The average Bonchev–Trinajstić information content (AvgIpc) is 2.40. The molecule has 4 nitrogen and oxygen atoms in total. The van der Waals surface area contributed by atoms with Crippen LogP contribution in [0.25, 0.3) is 0 Å². The number of nitrogens with zero attached hydrogens (tertiary/aromatic N) is 2. The van der Waals surface area contributed by atoms with Gasteiger partial charge in [-0.1, -0.05) is 12.1 Å². The summed E-state index contributed by atoms with van der Waals surface area (Å²) in [5.74, 6) is 1.21. The van der Waals surface area contributed by atoms with Crippen molar-refractivity contribution in [2.24, 2.45) is 0 Å². The predicted molar refractivity (Wildman–Crippen MR) is 82.8 cm³/mol. The zero-order chi connectivity index (χ0) is 14.6. The summed E-state index contributed by atoms with van der Waals surface area (Å²) in [7, 11) is 0. The maximum atomic E-state index is 5.67. The quantitative estimate of drug-likeness (QED) is 0.919. The lowest BCUT2D eigenvalue weighted by atomic mass is 10.1. The smallest absolute Gasteiger partial charge is 0.237 e. The van der Waals surface area contributed by atoms with Crippen molar-refractivity contribution in [3.8, 4) is 11.6 Å². The molecule has 0 atom stereocenters. The molecule has 1 aromatic carbocycles. The second-order valence-corrected chi connectivity index (χ2v) is 6.34. The third-order valence-electron chi connectivity index (χ3n) is 2.53. The number of aromatic nitrogens is 2. The number of halogens is 1. The first-order valence-corrected chi connectivity index (χ1v) is 7.22. The van der Waals surface area contributed by atoms with Crippen molar-refractivity contribution in [3.05, 3.63) is 46.8 Å². The number of nitrogens with one attached hydrogen (secondary N) is 1. The largest absolute Gasteiger partial charge is 0.436 e. The van der Waals surface area contributed by atoms with Crippen molar-refractivity contribution < 1.29 is 4.74 Å². The number of hydrogen-bond donors (Lipinski definition) is 1. The third-order valence-corrected chi connectivity index (χ3v) is 3.19. The highest BCUT2D eigenvalue weighted by atomic mass is 79.9. The molecular weight excluding hydrogens is 318 g/mol. The molecule has 0 amide bonds. The van der Waals surface area contributed by atoms with Gasteiger partial charge >= 0.3 is 0 Å². The molecule has 0 fully saturated rings. The minimum Gasteiger partial charge on any atom is -0.436 e. The van der Waals surface area contributed by atoms with Crippen LogP contribution in [0.5, 0.6) is 11.6 Å². The normalized spacial score (nSPS) is 11.4. The van der Waals surface area contributed by atoms with E-state index in [4.69, 9.17) is 4.74 Å². The first-order chi connectivity index (χ1) is 9.44. The maximum Gasteiger partial charge on any atom is 0.237 e. The van der Waals surface area contributed by atoms with E-state index in [-0.39, 0.29) is 5.54 Å². The van der Waals surface area contributed by atoms with E-state index in [1.807, 2.05) is 24.3 Å². The SMILES string of the molecule is CC(C)(C)NCc1cnc(Oc2ccccc2Br)cn1. The van der Waals surface area contributed by atoms with Crippen LogP contribution in [-0.2, 0) is 6.54 Å². The van der Waals surface area contributed by atoms with Crippen molar-refractivity contribution in [1.82, 2.24) is 15.3 Å². The van der Waals surface area contributed by atoms with Crippen LogP contribution in [0.3, 0.4) is 0 Å². The van der Waals surface area contributed by atoms with E-state index in [1.165, 1.54) is 0 Å². The molecule has 2 aromatic rings. The summed E-state index contributed by atoms with van der Waals surface area (Å²) in [6, 6.07) is 7.64. The Hall–Kier alpha value is -1.46. The molecule has 0 bridgehead atoms. The number of hydrogen-bond acceptors (Lipinski definition) is 4. The van der Waals surface area contributed by atoms with E-state index in [0.29, 0.717) is 12.4 Å². The molecule has 5 heteroatoms. The van der Waals surface area contributed by atoms with Crippen LogP contribution in [0.4, 0.5) is 0 Å². The molecule has 0 unspecified atom stereocenters. The van der Waals surface area contributed by atoms with E-state index < -0.39 is 0 Å². The van der Waals surface area contributed by atoms with Crippen molar-refractivity contribution in [3.63, 3.8) is 0 Å². The van der Waals surface area contributed by atoms with Gasteiger partial charge in [0.2, 0.25) is 5.88 Å². The van der Waals surface area contributed by atoms with Crippen molar-refractivity contribution in [2.45, 2.75) is 32.9 Å². The molecule has 0 radical (unpaired) electrons. The Bertz CT molecular complexity index is 564. The van der Waals surface area contributed by atoms with Crippen LogP contribution < -0.4 is 10.1 Å². The fourth-order valence-corrected chi connectivity index (χ4v) is 1.85. The van der Waals surface area contributed by atoms with E-state index in [9.17, 15) is 0 Å². The molecule has 0 saturated carbocycles. The topological polar surface area (TPSA) is 47.0 Å². The number of para-hydroxylation sites is 1. The maximum absolute atomic E-state index is 5.67. The van der Waals surface area contributed by atoms with E-state index in [0.717, 1.165) is 15.9 Å². The summed E-state index contributed by atoms with van der Waals surface area (Å²) >= 11 is 3.43. The predicted octanol–water partition coefficient (Wildman–Crippen LogP) is 3.92. The highest BCUT2D eigenvalue weighted by molar-refractivity contribution is 9.10. The van der Waals surface area contributed by atoms with Gasteiger partial charge < -0.3 is 10.1 Å². The summed E-state index contributed by atoms with van der Waals surface area (Å²) in [6.45, 7) is 7.03. The van der Waals surface area contributed by atoms with Crippen LogP contribution in [-0.4, -0.2) is 15.5 Å². The van der Waals surface area contributed by atoms with Crippen molar-refractivity contribution in [1.29, 1.82) is 0 Å². The Morgan fingerprint density at radius 1 is 1.15 bits per heavy atom. The minimum atomic E-state index is 0.0613. The molecule has 20 heavy (non-hydrogen) atoms. The lowest BCUT2D eigenvalue weighted by molar-refractivity contribution is 0.418. The second-order valence-electron chi connectivity index (χ2n) is 5.48. The Morgan fingerprint density at radius 3 is 2.50 bits per heavy atom. The Morgan fingerprint density at radius 2 is 1.90 bits per heavy atom. The molecule has 1 aromatic heterocycles. The molecule has 0 aliphatic rings. The van der Waals surface area contributed by atoms with Gasteiger partial charge in [0, 0.05) is 12.1 Å². The zero-order valence-electron chi connectivity index (χ0n) is 11.9. The van der Waals surface area contributed by atoms with Crippen molar-refractivity contribution in [2.75, 3.05) is 0 Å². The first-order valence-electron chi connectivity index (χ1n) is 6.42. The molecule has 2 rings (SSSR count). The standard InChI is InChI=1S/C15H18BrN3O/c1-15(2,3)19-9-11-8-18-14(10-17-11)20-13-7-5-4-6-12(13)16/h4-8,10,19H,9H2,1-3H3. The van der Waals surface area contributed by atoms with Gasteiger partial charge in [0.05, 0.1) is 22.6 Å². The number of rotatable bonds is 4. The van der Waals surface area contributed by atoms with Crippen LogP contribution in [0.2, 0.25) is 0 Å². The Kier molecular flexibility index (Phi) is 4.73. The molecule has 0 aliphatic heterocycles. The first kappa shape index (κ1) is 14.9. The molecule has 0 spiro atoms. The molecular formula is C15H18BrN3O. The van der Waals surface area contributed by atoms with Crippen LogP contribution in [0.1, 0.15) is 26.5 Å². The Balaban J connectivity index is 2.00.